The molecule has 2 saturated heterocycles. The molecule has 0 spiro atoms. The quantitative estimate of drug-likeness (QED) is 0.848. The number of carbonyl (C=O) groups is 1. The smallest absolute Gasteiger partial charge is 0.233 e. The summed E-state index contributed by atoms with van der Waals surface area (Å²) >= 11 is 6.00. The average molecular weight is 379 g/mol. The topological polar surface area (TPSA) is 53.0 Å². The Morgan fingerprint density at radius 3 is 2.42 bits per heavy atom. The lowest BCUT2D eigenvalue weighted by Crippen LogP contribution is -2.42. The minimum atomic E-state index is -0.363. The Balaban J connectivity index is 1.44. The lowest BCUT2D eigenvalue weighted by molar-refractivity contribution is -0.133. The van der Waals surface area contributed by atoms with Gasteiger partial charge in [0.25, 0.3) is 0 Å². The first-order valence-electron chi connectivity index (χ1n) is 9.59. The number of hydrogen-bond donors (Lipinski definition) is 1. The van der Waals surface area contributed by atoms with E-state index >= 15 is 0 Å². The van der Waals surface area contributed by atoms with Crippen molar-refractivity contribution in [2.24, 2.45) is 11.8 Å². The van der Waals surface area contributed by atoms with Crippen molar-refractivity contribution in [3.05, 3.63) is 34.9 Å². The van der Waals surface area contributed by atoms with Gasteiger partial charge in [-0.1, -0.05) is 23.7 Å². The molecule has 0 radical (unpaired) electrons. The second-order valence-electron chi connectivity index (χ2n) is 7.91. The summed E-state index contributed by atoms with van der Waals surface area (Å²) in [4.78, 5) is 17.7. The molecular weight excluding hydrogens is 352 g/mol. The predicted octanol–water partition coefficient (Wildman–Crippen LogP) is 1.77. The zero-order chi connectivity index (χ0) is 18.1. The van der Waals surface area contributed by atoms with Gasteiger partial charge < -0.3 is 14.7 Å². The van der Waals surface area contributed by atoms with Gasteiger partial charge in [-0.25, -0.2) is 0 Å². The molecular formula is C20H27ClN2O3. The SMILES string of the molecule is O=C(N1C[C@@H](CN2CCOCC2)[C@@H](CO)C1)C1(c2ccc(Cl)cc2)CC1. The molecule has 2 aliphatic heterocycles. The highest BCUT2D eigenvalue weighted by molar-refractivity contribution is 6.30. The molecule has 2 atom stereocenters. The van der Waals surface area contributed by atoms with Gasteiger partial charge in [0.2, 0.25) is 5.91 Å². The minimum absolute atomic E-state index is 0.146. The third-order valence-electron chi connectivity index (χ3n) is 6.25. The van der Waals surface area contributed by atoms with Crippen LogP contribution >= 0.6 is 11.6 Å². The Labute approximate surface area is 159 Å². The summed E-state index contributed by atoms with van der Waals surface area (Å²) in [7, 11) is 0. The van der Waals surface area contributed by atoms with E-state index in [-0.39, 0.29) is 23.8 Å². The van der Waals surface area contributed by atoms with Crippen LogP contribution in [-0.2, 0) is 14.9 Å². The molecule has 6 heteroatoms. The van der Waals surface area contributed by atoms with Crippen LogP contribution in [-0.4, -0.2) is 73.4 Å². The average Bonchev–Trinajstić information content (AvgIpc) is 3.38. The first-order chi connectivity index (χ1) is 12.6. The normalized spacial score (nSPS) is 28.3. The van der Waals surface area contributed by atoms with E-state index in [0.717, 1.165) is 57.8 Å². The van der Waals surface area contributed by atoms with Crippen LogP contribution in [0, 0.1) is 11.8 Å². The number of morpholine rings is 1. The van der Waals surface area contributed by atoms with Gasteiger partial charge in [0.05, 0.1) is 18.6 Å². The molecule has 1 amide bonds. The van der Waals surface area contributed by atoms with E-state index in [9.17, 15) is 9.90 Å². The maximum Gasteiger partial charge on any atom is 0.233 e. The van der Waals surface area contributed by atoms with E-state index in [0.29, 0.717) is 17.5 Å². The van der Waals surface area contributed by atoms with E-state index in [1.165, 1.54) is 0 Å². The van der Waals surface area contributed by atoms with Gasteiger partial charge in [0.15, 0.2) is 0 Å². The second-order valence-corrected chi connectivity index (χ2v) is 8.35. The molecule has 0 unspecified atom stereocenters. The van der Waals surface area contributed by atoms with E-state index < -0.39 is 0 Å². The Hall–Kier alpha value is -1.14. The number of ether oxygens (including phenoxy) is 1. The van der Waals surface area contributed by atoms with Gasteiger partial charge in [-0.15, -0.1) is 0 Å². The van der Waals surface area contributed by atoms with Crippen LogP contribution in [0.1, 0.15) is 18.4 Å². The number of nitrogens with zero attached hydrogens (tertiary/aromatic N) is 2. The van der Waals surface area contributed by atoms with E-state index in [1.54, 1.807) is 0 Å². The summed E-state index contributed by atoms with van der Waals surface area (Å²) in [5, 5.41) is 10.5. The molecule has 1 aromatic rings. The van der Waals surface area contributed by atoms with Crippen LogP contribution < -0.4 is 0 Å². The fourth-order valence-electron chi connectivity index (χ4n) is 4.46. The Morgan fingerprint density at radius 1 is 1.15 bits per heavy atom. The fourth-order valence-corrected chi connectivity index (χ4v) is 4.58. The van der Waals surface area contributed by atoms with Crippen molar-refractivity contribution in [2.45, 2.75) is 18.3 Å². The van der Waals surface area contributed by atoms with Crippen molar-refractivity contribution < 1.29 is 14.6 Å². The van der Waals surface area contributed by atoms with Crippen molar-refractivity contribution in [2.75, 3.05) is 52.5 Å². The van der Waals surface area contributed by atoms with E-state index in [1.807, 2.05) is 29.2 Å². The number of likely N-dealkylation sites (tertiary alicyclic amines) is 1. The van der Waals surface area contributed by atoms with Crippen molar-refractivity contribution in [1.29, 1.82) is 0 Å². The first-order valence-corrected chi connectivity index (χ1v) is 9.96. The van der Waals surface area contributed by atoms with Gasteiger partial charge in [0.1, 0.15) is 0 Å². The maximum absolute atomic E-state index is 13.3. The summed E-state index contributed by atoms with van der Waals surface area (Å²) in [6.07, 6.45) is 1.81. The number of aliphatic hydroxyl groups excluding tert-OH is 1. The minimum Gasteiger partial charge on any atom is -0.396 e. The van der Waals surface area contributed by atoms with Crippen LogP contribution in [0.5, 0.6) is 0 Å². The van der Waals surface area contributed by atoms with Crippen LogP contribution in [0.3, 0.4) is 0 Å². The number of rotatable bonds is 5. The lowest BCUT2D eigenvalue weighted by atomic mass is 9.94. The number of halogens is 1. The van der Waals surface area contributed by atoms with Crippen LogP contribution in [0.25, 0.3) is 0 Å². The monoisotopic (exact) mass is 378 g/mol. The summed E-state index contributed by atoms with van der Waals surface area (Å²) < 4.78 is 5.42. The van der Waals surface area contributed by atoms with Gasteiger partial charge in [-0.3, -0.25) is 9.69 Å². The van der Waals surface area contributed by atoms with E-state index in [2.05, 4.69) is 4.90 Å². The number of benzene rings is 1. The summed E-state index contributed by atoms with van der Waals surface area (Å²) in [5.41, 5.74) is 0.711. The third-order valence-corrected chi connectivity index (χ3v) is 6.50. The fraction of sp³-hybridized carbons (Fsp3) is 0.650. The number of aliphatic hydroxyl groups is 1. The van der Waals surface area contributed by atoms with Crippen molar-refractivity contribution in [1.82, 2.24) is 9.80 Å². The molecule has 4 rings (SSSR count). The number of amides is 1. The largest absolute Gasteiger partial charge is 0.396 e. The Morgan fingerprint density at radius 2 is 1.81 bits per heavy atom. The Bertz CT molecular complexity index is 641. The number of carbonyl (C=O) groups excluding carboxylic acids is 1. The van der Waals surface area contributed by atoms with Gasteiger partial charge >= 0.3 is 0 Å². The van der Waals surface area contributed by atoms with Gasteiger partial charge in [-0.2, -0.15) is 0 Å². The van der Waals surface area contributed by atoms with Crippen molar-refractivity contribution in [3.8, 4) is 0 Å². The first kappa shape index (κ1) is 18.2. The molecule has 3 aliphatic rings. The maximum atomic E-state index is 13.3. The lowest BCUT2D eigenvalue weighted by Gasteiger charge is -2.30. The molecule has 1 saturated carbocycles. The highest BCUT2D eigenvalue weighted by Crippen LogP contribution is 2.50. The molecule has 2 heterocycles. The summed E-state index contributed by atoms with van der Waals surface area (Å²) in [5.74, 6) is 0.730. The molecule has 1 N–H and O–H groups in total. The van der Waals surface area contributed by atoms with Crippen molar-refractivity contribution >= 4 is 17.5 Å². The van der Waals surface area contributed by atoms with Crippen LogP contribution in [0.15, 0.2) is 24.3 Å². The molecule has 1 aliphatic carbocycles. The molecule has 1 aromatic carbocycles. The van der Waals surface area contributed by atoms with E-state index in [4.69, 9.17) is 16.3 Å². The third kappa shape index (κ3) is 3.50. The van der Waals surface area contributed by atoms with Crippen LogP contribution in [0.2, 0.25) is 5.02 Å². The van der Waals surface area contributed by atoms with Crippen molar-refractivity contribution in [3.63, 3.8) is 0 Å². The molecule has 26 heavy (non-hydrogen) atoms. The van der Waals surface area contributed by atoms with Gasteiger partial charge in [0, 0.05) is 50.3 Å². The predicted molar refractivity (Wildman–Crippen MR) is 100 cm³/mol. The molecule has 0 aromatic heterocycles. The second kappa shape index (κ2) is 7.47. The highest BCUT2D eigenvalue weighted by atomic mass is 35.5. The molecule has 0 bridgehead atoms. The zero-order valence-electron chi connectivity index (χ0n) is 15.1. The van der Waals surface area contributed by atoms with Crippen LogP contribution in [0.4, 0.5) is 0 Å². The standard InChI is InChI=1S/C20H27ClN2O3/c21-18-3-1-17(2-4-18)20(5-6-20)19(25)23-12-15(16(13-23)14-24)11-22-7-9-26-10-8-22/h1-4,15-16,24H,5-14H2/t15-,16-/m1/s1. The summed E-state index contributed by atoms with van der Waals surface area (Å²) in [6, 6.07) is 7.70. The van der Waals surface area contributed by atoms with Gasteiger partial charge in [-0.05, 0) is 36.5 Å². The number of hydrogen-bond acceptors (Lipinski definition) is 4. The highest BCUT2D eigenvalue weighted by Gasteiger charge is 2.54. The molecule has 142 valence electrons. The molecule has 5 nitrogen and oxygen atoms in total. The summed E-state index contributed by atoms with van der Waals surface area (Å²) in [6.45, 7) is 5.93. The zero-order valence-corrected chi connectivity index (χ0v) is 15.8. The Kier molecular flexibility index (Phi) is 5.24. The molecule has 3 fully saturated rings.